The van der Waals surface area contributed by atoms with Gasteiger partial charge in [0, 0.05) is 11.6 Å². The molecule has 31 heavy (non-hydrogen) atoms. The molecule has 0 radical (unpaired) electrons. The average molecular weight is 426 g/mol. The first-order valence-corrected chi connectivity index (χ1v) is 9.12. The molecule has 0 aliphatic carbocycles. The number of carboxylic acids is 1. The Labute approximate surface area is 178 Å². The van der Waals surface area contributed by atoms with Crippen molar-refractivity contribution in [3.8, 4) is 11.5 Å². The third-order valence-corrected chi connectivity index (χ3v) is 3.96. The van der Waals surface area contributed by atoms with Crippen molar-refractivity contribution in [2.45, 2.75) is 6.92 Å². The van der Waals surface area contributed by atoms with Gasteiger partial charge in [-0.3, -0.25) is 19.2 Å². The number of aliphatic hydroxyl groups excluding tert-OH is 1. The highest BCUT2D eigenvalue weighted by Gasteiger charge is 2.20. The number of para-hydroxylation sites is 1. The largest absolute Gasteiger partial charge is 0.507 e. The number of carbonyl (C=O) groups is 3. The van der Waals surface area contributed by atoms with E-state index >= 15 is 0 Å². The summed E-state index contributed by atoms with van der Waals surface area (Å²) in [5.74, 6) is -1.57. The number of hydrogen-bond donors (Lipinski definition) is 3. The summed E-state index contributed by atoms with van der Waals surface area (Å²) in [7, 11) is 0. The Kier molecular flexibility index (Phi) is 8.35. The van der Waals surface area contributed by atoms with E-state index in [2.05, 4.69) is 11.9 Å². The van der Waals surface area contributed by atoms with E-state index < -0.39 is 24.2 Å². The summed E-state index contributed by atoms with van der Waals surface area (Å²) >= 11 is 0. The normalized spacial score (nSPS) is 11.1. The zero-order chi connectivity index (χ0) is 22.8. The lowest BCUT2D eigenvalue weighted by atomic mass is 10.1. The number of hydroxylamine groups is 1. The number of ether oxygens (including phenoxy) is 1. The van der Waals surface area contributed by atoms with Crippen LogP contribution in [0.2, 0.25) is 0 Å². The molecular formula is C22H22N2O7. The van der Waals surface area contributed by atoms with E-state index in [1.165, 1.54) is 25.1 Å². The molecule has 3 N–H and O–H groups in total. The molecule has 0 saturated heterocycles. The highest BCUT2D eigenvalue weighted by molar-refractivity contribution is 6.01. The Bertz CT molecular complexity index is 987. The lowest BCUT2D eigenvalue weighted by molar-refractivity contribution is -0.137. The summed E-state index contributed by atoms with van der Waals surface area (Å²) in [6.07, 6.45) is 1.82. The van der Waals surface area contributed by atoms with E-state index in [9.17, 15) is 19.5 Å². The molecule has 0 atom stereocenters. The second kappa shape index (κ2) is 11.2. The molecule has 0 aromatic heterocycles. The number of hydrogen-bond acceptors (Lipinski definition) is 6. The van der Waals surface area contributed by atoms with E-state index in [0.717, 1.165) is 5.06 Å². The van der Waals surface area contributed by atoms with Gasteiger partial charge in [-0.05, 0) is 31.2 Å². The highest BCUT2D eigenvalue weighted by atomic mass is 16.7. The molecule has 9 nitrogen and oxygen atoms in total. The molecule has 0 spiro atoms. The van der Waals surface area contributed by atoms with Crippen molar-refractivity contribution in [3.05, 3.63) is 72.3 Å². The lowest BCUT2D eigenvalue weighted by Gasteiger charge is -2.21. The van der Waals surface area contributed by atoms with Gasteiger partial charge in [0.1, 0.15) is 23.8 Å². The van der Waals surface area contributed by atoms with E-state index in [1.807, 2.05) is 6.07 Å². The zero-order valence-electron chi connectivity index (χ0n) is 16.8. The van der Waals surface area contributed by atoms with E-state index in [4.69, 9.17) is 14.7 Å². The number of aliphatic hydroxyl groups is 1. The van der Waals surface area contributed by atoms with Gasteiger partial charge in [0.05, 0.1) is 17.9 Å². The predicted molar refractivity (Wildman–Crippen MR) is 114 cm³/mol. The van der Waals surface area contributed by atoms with Crippen molar-refractivity contribution in [2.24, 2.45) is 0 Å². The lowest BCUT2D eigenvalue weighted by Crippen LogP contribution is -2.30. The second-order valence-corrected chi connectivity index (χ2v) is 6.16. The maximum atomic E-state index is 12.1. The fourth-order valence-corrected chi connectivity index (χ4v) is 2.47. The zero-order valence-corrected chi connectivity index (χ0v) is 16.8. The van der Waals surface area contributed by atoms with Crippen LogP contribution in [-0.2, 0) is 19.2 Å². The first-order valence-electron chi connectivity index (χ1n) is 9.12. The van der Waals surface area contributed by atoms with Crippen LogP contribution in [0.15, 0.2) is 66.8 Å². The first kappa shape index (κ1) is 23.2. The maximum absolute atomic E-state index is 12.1. The Morgan fingerprint density at radius 2 is 1.84 bits per heavy atom. The van der Waals surface area contributed by atoms with Gasteiger partial charge in [-0.15, -0.1) is 6.58 Å². The molecule has 2 amide bonds. The minimum Gasteiger partial charge on any atom is -0.507 e. The van der Waals surface area contributed by atoms with Gasteiger partial charge < -0.3 is 20.3 Å². The van der Waals surface area contributed by atoms with Crippen LogP contribution in [0.5, 0.6) is 11.5 Å². The summed E-state index contributed by atoms with van der Waals surface area (Å²) in [5, 5.41) is 22.4. The van der Waals surface area contributed by atoms with Crippen molar-refractivity contribution in [1.82, 2.24) is 5.32 Å². The quantitative estimate of drug-likeness (QED) is 0.166. The van der Waals surface area contributed by atoms with Crippen LogP contribution in [0.25, 0.3) is 5.76 Å². The van der Waals surface area contributed by atoms with Crippen molar-refractivity contribution < 1.29 is 34.2 Å². The van der Waals surface area contributed by atoms with Gasteiger partial charge in [-0.1, -0.05) is 24.3 Å². The highest BCUT2D eigenvalue weighted by Crippen LogP contribution is 2.33. The van der Waals surface area contributed by atoms with Gasteiger partial charge >= 0.3 is 5.97 Å². The van der Waals surface area contributed by atoms with Crippen molar-refractivity contribution in [3.63, 3.8) is 0 Å². The SMILES string of the molecule is C=CCON(C=O)c1cc(Oc2ccccc2)ccc1/C(O)=C(\C)C(=O)NCC(=O)O. The molecule has 9 heteroatoms. The van der Waals surface area contributed by atoms with E-state index in [1.54, 1.807) is 30.3 Å². The molecule has 0 bridgehead atoms. The standard InChI is InChI=1S/C22H22N2O7/c1-3-11-30-24(14-25)19-12-17(31-16-7-5-4-6-8-16)9-10-18(19)21(28)15(2)22(29)23-13-20(26)27/h3-10,12,14,28H,1,11,13H2,2H3,(H,23,29)(H,26,27)/b21-15-. The van der Waals surface area contributed by atoms with Crippen LogP contribution in [0, 0.1) is 0 Å². The summed E-state index contributed by atoms with van der Waals surface area (Å²) in [4.78, 5) is 39.7. The summed E-state index contributed by atoms with van der Waals surface area (Å²) in [6, 6.07) is 13.4. The summed E-state index contributed by atoms with van der Waals surface area (Å²) < 4.78 is 5.77. The summed E-state index contributed by atoms with van der Waals surface area (Å²) in [6.45, 7) is 4.24. The minimum atomic E-state index is -1.23. The molecule has 0 aliphatic heterocycles. The molecule has 0 unspecified atom stereocenters. The fourth-order valence-electron chi connectivity index (χ4n) is 2.47. The number of anilines is 1. The molecule has 2 aromatic carbocycles. The van der Waals surface area contributed by atoms with Gasteiger partial charge in [0.2, 0.25) is 6.41 Å². The van der Waals surface area contributed by atoms with Crippen LogP contribution < -0.4 is 15.1 Å². The molecule has 2 rings (SSSR count). The molecule has 162 valence electrons. The van der Waals surface area contributed by atoms with Gasteiger partial charge in [-0.25, -0.2) is 0 Å². The molecule has 0 aliphatic rings. The average Bonchev–Trinajstić information content (AvgIpc) is 2.78. The Hall–Kier alpha value is -4.11. The molecule has 0 saturated carbocycles. The van der Waals surface area contributed by atoms with Crippen LogP contribution in [0.1, 0.15) is 12.5 Å². The molecule has 2 aromatic rings. The third kappa shape index (κ3) is 6.44. The van der Waals surface area contributed by atoms with Crippen molar-refractivity contribution >= 4 is 29.7 Å². The van der Waals surface area contributed by atoms with Gasteiger partial charge in [0.25, 0.3) is 5.91 Å². The number of benzene rings is 2. The van der Waals surface area contributed by atoms with Gasteiger partial charge in [0.15, 0.2) is 0 Å². The molecule has 0 fully saturated rings. The van der Waals surface area contributed by atoms with Crippen LogP contribution in [-0.4, -0.2) is 41.7 Å². The number of nitrogens with one attached hydrogen (secondary N) is 1. The van der Waals surface area contributed by atoms with E-state index in [0.29, 0.717) is 17.9 Å². The topological polar surface area (TPSA) is 125 Å². The second-order valence-electron chi connectivity index (χ2n) is 6.16. The van der Waals surface area contributed by atoms with Crippen LogP contribution >= 0.6 is 0 Å². The monoisotopic (exact) mass is 426 g/mol. The van der Waals surface area contributed by atoms with Crippen LogP contribution in [0.4, 0.5) is 5.69 Å². The smallest absolute Gasteiger partial charge is 0.322 e. The van der Waals surface area contributed by atoms with E-state index in [-0.39, 0.29) is 23.4 Å². The van der Waals surface area contributed by atoms with Gasteiger partial charge in [-0.2, -0.15) is 5.06 Å². The number of amides is 2. The first-order chi connectivity index (χ1) is 14.9. The third-order valence-electron chi connectivity index (χ3n) is 3.96. The number of carboxylic acid groups (broad SMARTS) is 1. The Morgan fingerprint density at radius 1 is 1.13 bits per heavy atom. The van der Waals surface area contributed by atoms with Crippen LogP contribution in [0.3, 0.4) is 0 Å². The number of nitrogens with zero attached hydrogens (tertiary/aromatic N) is 1. The maximum Gasteiger partial charge on any atom is 0.322 e. The Morgan fingerprint density at radius 3 is 2.45 bits per heavy atom. The fraction of sp³-hybridized carbons (Fsp3) is 0.136. The summed E-state index contributed by atoms with van der Waals surface area (Å²) in [5.41, 5.74) is 0.0570. The van der Waals surface area contributed by atoms with Crippen molar-refractivity contribution in [1.29, 1.82) is 0 Å². The molecule has 0 heterocycles. The molecular weight excluding hydrogens is 404 g/mol. The Balaban J connectivity index is 2.47. The minimum absolute atomic E-state index is 0.00447. The number of rotatable bonds is 11. The number of aliphatic carboxylic acids is 1. The number of carbonyl (C=O) groups excluding carboxylic acids is 2. The van der Waals surface area contributed by atoms with Crippen molar-refractivity contribution in [2.75, 3.05) is 18.2 Å². The predicted octanol–water partition coefficient (Wildman–Crippen LogP) is 3.05.